The minimum Gasteiger partial charge on any atom is -0.497 e. The maximum atomic E-state index is 5.48. The van der Waals surface area contributed by atoms with E-state index < -0.39 is 0 Å². The van der Waals surface area contributed by atoms with Crippen molar-refractivity contribution >= 4 is 29.9 Å². The molecule has 1 aliphatic heterocycles. The Hall–Kier alpha value is -1.30. The summed E-state index contributed by atoms with van der Waals surface area (Å²) >= 11 is 0. The van der Waals surface area contributed by atoms with Crippen LogP contribution in [0.5, 0.6) is 11.5 Å². The molecule has 1 aliphatic rings. The molecule has 0 amide bonds. The maximum Gasteiger partial charge on any atom is 0.191 e. The summed E-state index contributed by atoms with van der Waals surface area (Å²) in [5.41, 5.74) is 1.19. The highest BCUT2D eigenvalue weighted by Crippen LogP contribution is 2.24. The molecule has 1 heterocycles. The molecule has 30 heavy (non-hydrogen) atoms. The monoisotopic (exact) mass is 536 g/mol. The average molecular weight is 536 g/mol. The predicted octanol–water partition coefficient (Wildman–Crippen LogP) is 2.11. The topological polar surface area (TPSA) is 76.6 Å². The van der Waals surface area contributed by atoms with Gasteiger partial charge < -0.3 is 29.6 Å². The van der Waals surface area contributed by atoms with E-state index in [2.05, 4.69) is 39.6 Å². The van der Waals surface area contributed by atoms with E-state index in [4.69, 9.17) is 18.9 Å². The van der Waals surface area contributed by atoms with Crippen molar-refractivity contribution in [2.75, 3.05) is 67.3 Å². The Morgan fingerprint density at radius 3 is 2.47 bits per heavy atom. The molecule has 0 radical (unpaired) electrons. The summed E-state index contributed by atoms with van der Waals surface area (Å²) in [7, 11) is 5.03. The Bertz CT molecular complexity index is 611. The molecule has 1 fully saturated rings. The standard InChI is InChI=1S/C21H36N4O4.HI/c1-5-22-21(23-7-9-29-11-10-26-2)24-18-6-8-25(16-18)15-17-12-19(27-3)14-20(13-17)28-4;/h12-14,18H,5-11,15-16H2,1-4H3,(H2,22,23,24);1H. The van der Waals surface area contributed by atoms with Crippen molar-refractivity contribution in [1.82, 2.24) is 15.5 Å². The number of halogens is 1. The van der Waals surface area contributed by atoms with Crippen LogP contribution in [0.4, 0.5) is 0 Å². The Kier molecular flexibility index (Phi) is 13.8. The largest absolute Gasteiger partial charge is 0.497 e. The van der Waals surface area contributed by atoms with Crippen LogP contribution in [0.2, 0.25) is 0 Å². The summed E-state index contributed by atoms with van der Waals surface area (Å²) < 4.78 is 21.2. The van der Waals surface area contributed by atoms with E-state index in [0.29, 0.717) is 32.4 Å². The van der Waals surface area contributed by atoms with Gasteiger partial charge in [0.25, 0.3) is 0 Å². The molecule has 1 atom stereocenters. The molecule has 0 saturated carbocycles. The number of nitrogens with one attached hydrogen (secondary N) is 2. The molecular weight excluding hydrogens is 499 g/mol. The quantitative estimate of drug-likeness (QED) is 0.184. The Morgan fingerprint density at radius 2 is 1.83 bits per heavy atom. The van der Waals surface area contributed by atoms with E-state index in [1.165, 1.54) is 5.56 Å². The fourth-order valence-corrected chi connectivity index (χ4v) is 3.29. The molecule has 1 unspecified atom stereocenters. The van der Waals surface area contributed by atoms with Crippen molar-refractivity contribution in [1.29, 1.82) is 0 Å². The second kappa shape index (κ2) is 15.5. The number of guanidine groups is 1. The number of benzene rings is 1. The molecule has 1 saturated heterocycles. The second-order valence-electron chi connectivity index (χ2n) is 6.95. The molecule has 0 spiro atoms. The van der Waals surface area contributed by atoms with Gasteiger partial charge in [-0.15, -0.1) is 24.0 Å². The van der Waals surface area contributed by atoms with Crippen molar-refractivity contribution in [2.24, 2.45) is 4.99 Å². The number of rotatable bonds is 12. The first-order chi connectivity index (χ1) is 14.2. The van der Waals surface area contributed by atoms with Gasteiger partial charge in [-0.1, -0.05) is 0 Å². The minimum atomic E-state index is 0. The fraction of sp³-hybridized carbons (Fsp3) is 0.667. The van der Waals surface area contributed by atoms with Crippen molar-refractivity contribution in [2.45, 2.75) is 25.9 Å². The van der Waals surface area contributed by atoms with Gasteiger partial charge in [-0.05, 0) is 31.0 Å². The highest BCUT2D eigenvalue weighted by Gasteiger charge is 2.23. The second-order valence-corrected chi connectivity index (χ2v) is 6.95. The highest BCUT2D eigenvalue weighted by molar-refractivity contribution is 14.0. The molecule has 1 aromatic carbocycles. The smallest absolute Gasteiger partial charge is 0.191 e. The van der Waals surface area contributed by atoms with Crippen LogP contribution in [0.3, 0.4) is 0 Å². The zero-order chi connectivity index (χ0) is 20.9. The van der Waals surface area contributed by atoms with Crippen LogP contribution in [0.15, 0.2) is 23.2 Å². The lowest BCUT2D eigenvalue weighted by molar-refractivity contribution is 0.0748. The van der Waals surface area contributed by atoms with Gasteiger partial charge in [-0.3, -0.25) is 9.89 Å². The first-order valence-electron chi connectivity index (χ1n) is 10.2. The lowest BCUT2D eigenvalue weighted by Gasteiger charge is -2.19. The molecule has 9 heteroatoms. The van der Waals surface area contributed by atoms with Crippen molar-refractivity contribution in [3.63, 3.8) is 0 Å². The van der Waals surface area contributed by atoms with Crippen molar-refractivity contribution < 1.29 is 18.9 Å². The van der Waals surface area contributed by atoms with Crippen LogP contribution >= 0.6 is 24.0 Å². The number of likely N-dealkylation sites (tertiary alicyclic amines) is 1. The summed E-state index contributed by atoms with van der Waals surface area (Å²) in [6.07, 6.45) is 1.08. The number of methoxy groups -OCH3 is 3. The summed E-state index contributed by atoms with van der Waals surface area (Å²) in [6.45, 7) is 8.20. The van der Waals surface area contributed by atoms with E-state index in [1.54, 1.807) is 21.3 Å². The fourth-order valence-electron chi connectivity index (χ4n) is 3.29. The van der Waals surface area contributed by atoms with Gasteiger partial charge in [0.15, 0.2) is 5.96 Å². The third-order valence-electron chi connectivity index (χ3n) is 4.71. The van der Waals surface area contributed by atoms with Gasteiger partial charge in [0.05, 0.1) is 40.6 Å². The molecule has 2 N–H and O–H groups in total. The van der Waals surface area contributed by atoms with Crippen molar-refractivity contribution in [3.05, 3.63) is 23.8 Å². The SMILES string of the molecule is CCNC(=NCCOCCOC)NC1CCN(Cc2cc(OC)cc(OC)c2)C1.I. The molecule has 172 valence electrons. The highest BCUT2D eigenvalue weighted by atomic mass is 127. The first kappa shape index (κ1) is 26.7. The van der Waals surface area contributed by atoms with Crippen molar-refractivity contribution in [3.8, 4) is 11.5 Å². The number of hydrogen-bond acceptors (Lipinski definition) is 6. The van der Waals surface area contributed by atoms with Gasteiger partial charge in [0, 0.05) is 45.4 Å². The number of ether oxygens (including phenoxy) is 4. The number of aliphatic imine (C=N–C) groups is 1. The zero-order valence-electron chi connectivity index (χ0n) is 18.6. The van der Waals surface area contributed by atoms with Gasteiger partial charge in [0.2, 0.25) is 0 Å². The summed E-state index contributed by atoms with van der Waals surface area (Å²) in [6, 6.07) is 6.40. The average Bonchev–Trinajstić information content (AvgIpc) is 3.16. The van der Waals surface area contributed by atoms with E-state index in [9.17, 15) is 0 Å². The molecular formula is C21H37IN4O4. The van der Waals surface area contributed by atoms with Crippen LogP contribution in [-0.4, -0.2) is 84.2 Å². The third kappa shape index (κ3) is 9.67. The van der Waals surface area contributed by atoms with Gasteiger partial charge in [-0.25, -0.2) is 0 Å². The van der Waals surface area contributed by atoms with Crippen LogP contribution in [-0.2, 0) is 16.0 Å². The van der Waals surface area contributed by atoms with Gasteiger partial charge in [0.1, 0.15) is 11.5 Å². The maximum absolute atomic E-state index is 5.48. The van der Waals surface area contributed by atoms with Crippen LogP contribution in [0, 0.1) is 0 Å². The number of hydrogen-bond donors (Lipinski definition) is 2. The Morgan fingerprint density at radius 1 is 1.10 bits per heavy atom. The lowest BCUT2D eigenvalue weighted by atomic mass is 10.2. The molecule has 0 aromatic heterocycles. The van der Waals surface area contributed by atoms with E-state index in [1.807, 2.05) is 6.07 Å². The van der Waals surface area contributed by atoms with Gasteiger partial charge in [-0.2, -0.15) is 0 Å². The third-order valence-corrected chi connectivity index (χ3v) is 4.71. The van der Waals surface area contributed by atoms with Crippen LogP contribution < -0.4 is 20.1 Å². The molecule has 8 nitrogen and oxygen atoms in total. The number of nitrogens with zero attached hydrogens (tertiary/aromatic N) is 2. The van der Waals surface area contributed by atoms with E-state index in [-0.39, 0.29) is 24.0 Å². The zero-order valence-corrected chi connectivity index (χ0v) is 20.9. The normalized spacial score (nSPS) is 16.8. The lowest BCUT2D eigenvalue weighted by Crippen LogP contribution is -2.44. The minimum absolute atomic E-state index is 0. The van der Waals surface area contributed by atoms with Crippen LogP contribution in [0.25, 0.3) is 0 Å². The Balaban J connectivity index is 0.00000450. The molecule has 0 aliphatic carbocycles. The van der Waals surface area contributed by atoms with E-state index in [0.717, 1.165) is 50.1 Å². The van der Waals surface area contributed by atoms with Gasteiger partial charge >= 0.3 is 0 Å². The summed E-state index contributed by atoms with van der Waals surface area (Å²) in [4.78, 5) is 7.04. The molecule has 0 bridgehead atoms. The van der Waals surface area contributed by atoms with Crippen LogP contribution in [0.1, 0.15) is 18.9 Å². The summed E-state index contributed by atoms with van der Waals surface area (Å²) in [5.74, 6) is 2.49. The summed E-state index contributed by atoms with van der Waals surface area (Å²) in [5, 5.41) is 6.86. The predicted molar refractivity (Wildman–Crippen MR) is 130 cm³/mol. The van der Waals surface area contributed by atoms with E-state index >= 15 is 0 Å². The molecule has 1 aromatic rings. The molecule has 2 rings (SSSR count). The Labute approximate surface area is 197 Å². The first-order valence-corrected chi connectivity index (χ1v) is 10.2.